The van der Waals surface area contributed by atoms with E-state index in [1.165, 1.54) is 12.8 Å². The van der Waals surface area contributed by atoms with Crippen molar-refractivity contribution >= 4 is 11.4 Å². The Kier molecular flexibility index (Phi) is 2.81. The molecule has 4 heteroatoms. The van der Waals surface area contributed by atoms with Gasteiger partial charge in [-0.3, -0.25) is 10.1 Å². The summed E-state index contributed by atoms with van der Waals surface area (Å²) in [5.41, 5.74) is 3.22. The molecule has 2 rings (SSSR count). The third-order valence-electron chi connectivity index (χ3n) is 3.22. The highest BCUT2D eigenvalue weighted by Crippen LogP contribution is 2.33. The van der Waals surface area contributed by atoms with Gasteiger partial charge in [0, 0.05) is 24.8 Å². The van der Waals surface area contributed by atoms with Crippen molar-refractivity contribution in [3.8, 4) is 0 Å². The Morgan fingerprint density at radius 3 is 2.44 bits per heavy atom. The summed E-state index contributed by atoms with van der Waals surface area (Å²) in [5.74, 6) is 0. The molecule has 0 radical (unpaired) electrons. The van der Waals surface area contributed by atoms with E-state index < -0.39 is 0 Å². The van der Waals surface area contributed by atoms with E-state index in [0.717, 1.165) is 29.9 Å². The molecule has 1 aliphatic heterocycles. The fourth-order valence-corrected chi connectivity index (χ4v) is 2.45. The zero-order valence-corrected chi connectivity index (χ0v) is 9.69. The largest absolute Gasteiger partial charge is 0.371 e. The van der Waals surface area contributed by atoms with Crippen LogP contribution in [-0.2, 0) is 0 Å². The lowest BCUT2D eigenvalue weighted by Crippen LogP contribution is -2.20. The molecule has 16 heavy (non-hydrogen) atoms. The average Bonchev–Trinajstić information content (AvgIpc) is 2.70. The third-order valence-corrected chi connectivity index (χ3v) is 3.22. The van der Waals surface area contributed by atoms with Crippen LogP contribution in [0.25, 0.3) is 0 Å². The number of aryl methyl sites for hydroxylation is 1. The Hall–Kier alpha value is -1.58. The first kappa shape index (κ1) is 10.9. The molecule has 1 aromatic rings. The summed E-state index contributed by atoms with van der Waals surface area (Å²) in [4.78, 5) is 12.9. The number of rotatable bonds is 2. The minimum Gasteiger partial charge on any atom is -0.371 e. The highest BCUT2D eigenvalue weighted by Gasteiger charge is 2.21. The molecule has 0 atom stereocenters. The predicted octanol–water partition coefficient (Wildman–Crippen LogP) is 2.81. The van der Waals surface area contributed by atoms with Gasteiger partial charge in [0.1, 0.15) is 0 Å². The standard InChI is InChI=1S/C12H16N2O2/c1-9-5-6-11(14(15)16)10(2)12(9)13-7-3-4-8-13/h5-6H,3-4,7-8H2,1-2H3. The van der Waals surface area contributed by atoms with Gasteiger partial charge in [-0.05, 0) is 32.3 Å². The number of benzene rings is 1. The van der Waals surface area contributed by atoms with Crippen LogP contribution in [0.5, 0.6) is 0 Å². The van der Waals surface area contributed by atoms with E-state index in [1.54, 1.807) is 6.07 Å². The lowest BCUT2D eigenvalue weighted by Gasteiger charge is -2.22. The van der Waals surface area contributed by atoms with E-state index in [0.29, 0.717) is 0 Å². The monoisotopic (exact) mass is 220 g/mol. The van der Waals surface area contributed by atoms with E-state index in [2.05, 4.69) is 4.90 Å². The van der Waals surface area contributed by atoms with Crippen molar-refractivity contribution in [1.82, 2.24) is 0 Å². The fourth-order valence-electron chi connectivity index (χ4n) is 2.45. The number of hydrogen-bond acceptors (Lipinski definition) is 3. The molecule has 1 saturated heterocycles. The van der Waals surface area contributed by atoms with Crippen molar-refractivity contribution in [3.05, 3.63) is 33.4 Å². The maximum Gasteiger partial charge on any atom is 0.274 e. The van der Waals surface area contributed by atoms with Crippen molar-refractivity contribution < 1.29 is 4.92 Å². The van der Waals surface area contributed by atoms with Crippen LogP contribution in [0, 0.1) is 24.0 Å². The first-order valence-electron chi connectivity index (χ1n) is 5.61. The molecule has 1 fully saturated rings. The van der Waals surface area contributed by atoms with Crippen LogP contribution < -0.4 is 4.90 Å². The van der Waals surface area contributed by atoms with Crippen LogP contribution in [0.1, 0.15) is 24.0 Å². The number of hydrogen-bond donors (Lipinski definition) is 0. The summed E-state index contributed by atoms with van der Waals surface area (Å²) >= 11 is 0. The molecule has 1 aromatic carbocycles. The lowest BCUT2D eigenvalue weighted by molar-refractivity contribution is -0.385. The molecule has 0 unspecified atom stereocenters. The Morgan fingerprint density at radius 2 is 1.88 bits per heavy atom. The Bertz CT molecular complexity index is 423. The van der Waals surface area contributed by atoms with Crippen molar-refractivity contribution in [3.63, 3.8) is 0 Å². The predicted molar refractivity (Wildman–Crippen MR) is 64.0 cm³/mol. The quantitative estimate of drug-likeness (QED) is 0.568. The normalized spacial score (nSPS) is 15.5. The number of nitro benzene ring substituents is 1. The van der Waals surface area contributed by atoms with Crippen molar-refractivity contribution in [2.45, 2.75) is 26.7 Å². The summed E-state index contributed by atoms with van der Waals surface area (Å²) < 4.78 is 0. The molecule has 86 valence electrons. The van der Waals surface area contributed by atoms with Crippen LogP contribution in [0.3, 0.4) is 0 Å². The summed E-state index contributed by atoms with van der Waals surface area (Å²) in [6.45, 7) is 5.90. The number of anilines is 1. The van der Waals surface area contributed by atoms with Crippen molar-refractivity contribution in [2.75, 3.05) is 18.0 Å². The van der Waals surface area contributed by atoms with E-state index in [9.17, 15) is 10.1 Å². The SMILES string of the molecule is Cc1ccc([N+](=O)[O-])c(C)c1N1CCCC1. The average molecular weight is 220 g/mol. The van der Waals surface area contributed by atoms with Gasteiger partial charge in [0.05, 0.1) is 10.5 Å². The second-order valence-electron chi connectivity index (χ2n) is 4.33. The van der Waals surface area contributed by atoms with Crippen LogP contribution in [0.2, 0.25) is 0 Å². The highest BCUT2D eigenvalue weighted by molar-refractivity contribution is 5.66. The summed E-state index contributed by atoms with van der Waals surface area (Å²) in [6.07, 6.45) is 2.36. The maximum absolute atomic E-state index is 10.9. The first-order valence-corrected chi connectivity index (χ1v) is 5.61. The molecule has 1 aliphatic rings. The molecule has 1 heterocycles. The fraction of sp³-hybridized carbons (Fsp3) is 0.500. The molecule has 0 N–H and O–H groups in total. The summed E-state index contributed by atoms with van der Waals surface area (Å²) in [7, 11) is 0. The maximum atomic E-state index is 10.9. The van der Waals surface area contributed by atoms with Crippen molar-refractivity contribution in [2.24, 2.45) is 0 Å². The molecular formula is C12H16N2O2. The van der Waals surface area contributed by atoms with Crippen LogP contribution >= 0.6 is 0 Å². The molecule has 0 aliphatic carbocycles. The van der Waals surface area contributed by atoms with Crippen molar-refractivity contribution in [1.29, 1.82) is 0 Å². The molecule has 0 aromatic heterocycles. The third kappa shape index (κ3) is 1.75. The van der Waals surface area contributed by atoms with Crippen LogP contribution in [0.15, 0.2) is 12.1 Å². The minimum atomic E-state index is -0.297. The smallest absolute Gasteiger partial charge is 0.274 e. The second-order valence-corrected chi connectivity index (χ2v) is 4.33. The summed E-state index contributed by atoms with van der Waals surface area (Å²) in [6, 6.07) is 3.45. The zero-order valence-electron chi connectivity index (χ0n) is 9.69. The first-order chi connectivity index (χ1) is 7.61. The topological polar surface area (TPSA) is 46.4 Å². The molecule has 0 spiro atoms. The van der Waals surface area contributed by atoms with E-state index in [-0.39, 0.29) is 10.6 Å². The Morgan fingerprint density at radius 1 is 1.25 bits per heavy atom. The number of nitrogens with zero attached hydrogens (tertiary/aromatic N) is 2. The van der Waals surface area contributed by atoms with Gasteiger partial charge in [-0.1, -0.05) is 6.07 Å². The van der Waals surface area contributed by atoms with Gasteiger partial charge in [-0.2, -0.15) is 0 Å². The van der Waals surface area contributed by atoms with E-state index in [4.69, 9.17) is 0 Å². The van der Waals surface area contributed by atoms with E-state index in [1.807, 2.05) is 19.9 Å². The van der Waals surface area contributed by atoms with Crippen LogP contribution in [0.4, 0.5) is 11.4 Å². The Labute approximate surface area is 95.0 Å². The molecule has 0 saturated carbocycles. The summed E-state index contributed by atoms with van der Waals surface area (Å²) in [5, 5.41) is 10.9. The Balaban J connectivity index is 2.49. The van der Waals surface area contributed by atoms with Gasteiger partial charge >= 0.3 is 0 Å². The molecule has 0 bridgehead atoms. The van der Waals surface area contributed by atoms with Gasteiger partial charge in [0.2, 0.25) is 0 Å². The van der Waals surface area contributed by atoms with Gasteiger partial charge in [-0.25, -0.2) is 0 Å². The molecule has 0 amide bonds. The zero-order chi connectivity index (χ0) is 11.7. The van der Waals surface area contributed by atoms with Gasteiger partial charge in [0.25, 0.3) is 5.69 Å². The van der Waals surface area contributed by atoms with Gasteiger partial charge in [0.15, 0.2) is 0 Å². The van der Waals surface area contributed by atoms with E-state index >= 15 is 0 Å². The molecule has 4 nitrogen and oxygen atoms in total. The van der Waals surface area contributed by atoms with Gasteiger partial charge in [-0.15, -0.1) is 0 Å². The minimum absolute atomic E-state index is 0.229. The number of nitro groups is 1. The van der Waals surface area contributed by atoms with Gasteiger partial charge < -0.3 is 4.90 Å². The second kappa shape index (κ2) is 4.12. The lowest BCUT2D eigenvalue weighted by atomic mass is 10.1. The van der Waals surface area contributed by atoms with Crippen LogP contribution in [-0.4, -0.2) is 18.0 Å². The highest BCUT2D eigenvalue weighted by atomic mass is 16.6. The molecular weight excluding hydrogens is 204 g/mol.